The maximum atomic E-state index is 13.0. The Balaban J connectivity index is 1.90. The van der Waals surface area contributed by atoms with E-state index in [0.717, 1.165) is 5.56 Å². The van der Waals surface area contributed by atoms with Crippen molar-refractivity contribution in [1.82, 2.24) is 14.9 Å². The summed E-state index contributed by atoms with van der Waals surface area (Å²) in [5.74, 6) is -2.22. The number of aromatic nitrogens is 2. The van der Waals surface area contributed by atoms with Gasteiger partial charge in [-0.3, -0.25) is 14.2 Å². The first-order valence-electron chi connectivity index (χ1n) is 9.39. The standard InChI is InChI=1S/C22H23N3O4/c1-14(2)19(25-13-23-17-11-7-6-10-16(17)21(25)27)20(26)24-18(22(28)29)12-15-8-4-3-5-9-15/h3-11,13-14,18-19H,12H2,1-2H3,(H,24,26)(H,28,29)/p-1/t18-,19-/m0/s1. The summed E-state index contributed by atoms with van der Waals surface area (Å²) in [5.41, 5.74) is 0.943. The fraction of sp³-hybridized carbons (Fsp3) is 0.273. The van der Waals surface area contributed by atoms with Crippen LogP contribution in [0.25, 0.3) is 10.9 Å². The number of benzene rings is 2. The second-order valence-corrected chi connectivity index (χ2v) is 7.23. The minimum absolute atomic E-state index is 0.0879. The predicted molar refractivity (Wildman–Crippen MR) is 107 cm³/mol. The van der Waals surface area contributed by atoms with Gasteiger partial charge in [-0.25, -0.2) is 4.98 Å². The molecule has 0 spiro atoms. The fourth-order valence-electron chi connectivity index (χ4n) is 3.33. The van der Waals surface area contributed by atoms with Crippen LogP contribution in [0.3, 0.4) is 0 Å². The number of nitrogens with zero attached hydrogens (tertiary/aromatic N) is 2. The number of para-hydroxylation sites is 1. The van der Waals surface area contributed by atoms with Crippen LogP contribution in [0.5, 0.6) is 0 Å². The van der Waals surface area contributed by atoms with Crippen molar-refractivity contribution in [1.29, 1.82) is 0 Å². The Morgan fingerprint density at radius 2 is 1.72 bits per heavy atom. The number of nitrogens with one attached hydrogen (secondary N) is 1. The highest BCUT2D eigenvalue weighted by atomic mass is 16.4. The molecule has 0 radical (unpaired) electrons. The van der Waals surface area contributed by atoms with Crippen LogP contribution in [-0.4, -0.2) is 27.5 Å². The normalized spacial score (nSPS) is 13.2. The van der Waals surface area contributed by atoms with E-state index in [4.69, 9.17) is 0 Å². The highest BCUT2D eigenvalue weighted by molar-refractivity contribution is 5.86. The minimum Gasteiger partial charge on any atom is -0.548 e. The predicted octanol–water partition coefficient (Wildman–Crippen LogP) is 1.07. The molecule has 0 aliphatic heterocycles. The van der Waals surface area contributed by atoms with E-state index in [9.17, 15) is 19.5 Å². The van der Waals surface area contributed by atoms with Crippen LogP contribution in [0.2, 0.25) is 0 Å². The van der Waals surface area contributed by atoms with Gasteiger partial charge in [0.25, 0.3) is 5.56 Å². The van der Waals surface area contributed by atoms with Crippen LogP contribution in [0, 0.1) is 5.92 Å². The van der Waals surface area contributed by atoms with Crippen LogP contribution >= 0.6 is 0 Å². The molecule has 7 nitrogen and oxygen atoms in total. The molecule has 3 rings (SSSR count). The highest BCUT2D eigenvalue weighted by Gasteiger charge is 2.28. The lowest BCUT2D eigenvalue weighted by molar-refractivity contribution is -0.308. The minimum atomic E-state index is -1.38. The number of fused-ring (bicyclic) bond motifs is 1. The first-order chi connectivity index (χ1) is 13.9. The molecule has 1 aromatic heterocycles. The Morgan fingerprint density at radius 3 is 2.38 bits per heavy atom. The van der Waals surface area contributed by atoms with Crippen molar-refractivity contribution in [2.45, 2.75) is 32.4 Å². The summed E-state index contributed by atoms with van der Waals surface area (Å²) in [6.07, 6.45) is 1.42. The summed E-state index contributed by atoms with van der Waals surface area (Å²) in [4.78, 5) is 41.8. The van der Waals surface area contributed by atoms with Crippen molar-refractivity contribution in [3.8, 4) is 0 Å². The first kappa shape index (κ1) is 20.3. The number of hydrogen-bond donors (Lipinski definition) is 1. The van der Waals surface area contributed by atoms with E-state index < -0.39 is 24.0 Å². The Morgan fingerprint density at radius 1 is 1.07 bits per heavy atom. The maximum Gasteiger partial charge on any atom is 0.261 e. The zero-order valence-corrected chi connectivity index (χ0v) is 16.2. The molecule has 1 N–H and O–H groups in total. The van der Waals surface area contributed by atoms with Crippen molar-refractivity contribution < 1.29 is 14.7 Å². The molecular formula is C22H22N3O4-. The van der Waals surface area contributed by atoms with Gasteiger partial charge in [-0.15, -0.1) is 0 Å². The van der Waals surface area contributed by atoms with Gasteiger partial charge >= 0.3 is 0 Å². The zero-order chi connectivity index (χ0) is 21.0. The second kappa shape index (κ2) is 8.68. The molecule has 1 heterocycles. The molecule has 1 amide bonds. The van der Waals surface area contributed by atoms with Gasteiger partial charge in [-0.1, -0.05) is 56.3 Å². The van der Waals surface area contributed by atoms with Gasteiger partial charge in [-0.2, -0.15) is 0 Å². The van der Waals surface area contributed by atoms with Crippen LogP contribution in [0.4, 0.5) is 0 Å². The second-order valence-electron chi connectivity index (χ2n) is 7.23. The van der Waals surface area contributed by atoms with Crippen molar-refractivity contribution in [3.05, 3.63) is 76.8 Å². The molecule has 3 aromatic rings. The Kier molecular flexibility index (Phi) is 6.07. The summed E-state index contributed by atoms with van der Waals surface area (Å²) < 4.78 is 1.26. The number of rotatable bonds is 7. The van der Waals surface area contributed by atoms with Gasteiger partial charge < -0.3 is 15.2 Å². The van der Waals surface area contributed by atoms with Crippen molar-refractivity contribution in [2.75, 3.05) is 0 Å². The maximum absolute atomic E-state index is 13.0. The molecule has 0 saturated carbocycles. The summed E-state index contributed by atoms with van der Waals surface area (Å²) in [6.45, 7) is 3.58. The number of carboxylic acids is 1. The molecule has 0 saturated heterocycles. The fourth-order valence-corrected chi connectivity index (χ4v) is 3.33. The average molecular weight is 392 g/mol. The largest absolute Gasteiger partial charge is 0.548 e. The third-order valence-electron chi connectivity index (χ3n) is 4.77. The Labute approximate surface area is 168 Å². The number of carbonyl (C=O) groups excluding carboxylic acids is 2. The van der Waals surface area contributed by atoms with E-state index in [0.29, 0.717) is 10.9 Å². The molecule has 7 heteroatoms. The van der Waals surface area contributed by atoms with Gasteiger partial charge in [0, 0.05) is 0 Å². The van der Waals surface area contributed by atoms with Gasteiger partial charge in [0.05, 0.1) is 29.2 Å². The molecule has 29 heavy (non-hydrogen) atoms. The lowest BCUT2D eigenvalue weighted by Gasteiger charge is -2.26. The van der Waals surface area contributed by atoms with Crippen LogP contribution in [0.1, 0.15) is 25.5 Å². The molecule has 0 aliphatic rings. The smallest absolute Gasteiger partial charge is 0.261 e. The van der Waals surface area contributed by atoms with E-state index in [-0.39, 0.29) is 17.9 Å². The number of hydrogen-bond acceptors (Lipinski definition) is 5. The molecule has 0 fully saturated rings. The van der Waals surface area contributed by atoms with E-state index in [1.54, 1.807) is 62.4 Å². The van der Waals surface area contributed by atoms with E-state index >= 15 is 0 Å². The SMILES string of the molecule is CC(C)[C@@H](C(=O)N[C@@H](Cc1ccccc1)C(=O)[O-])n1cnc2ccccc2c1=O. The highest BCUT2D eigenvalue weighted by Crippen LogP contribution is 2.18. The van der Waals surface area contributed by atoms with Gasteiger partial charge in [0.1, 0.15) is 6.04 Å². The topological polar surface area (TPSA) is 104 Å². The summed E-state index contributed by atoms with van der Waals surface area (Å²) in [5, 5.41) is 14.5. The molecule has 0 unspecified atom stereocenters. The quantitative estimate of drug-likeness (QED) is 0.648. The summed E-state index contributed by atoms with van der Waals surface area (Å²) >= 11 is 0. The lowest BCUT2D eigenvalue weighted by atomic mass is 10.0. The summed E-state index contributed by atoms with van der Waals surface area (Å²) in [7, 11) is 0. The van der Waals surface area contributed by atoms with Crippen molar-refractivity contribution in [2.24, 2.45) is 5.92 Å². The van der Waals surface area contributed by atoms with E-state index in [2.05, 4.69) is 10.3 Å². The van der Waals surface area contributed by atoms with Crippen LogP contribution in [0.15, 0.2) is 65.7 Å². The third kappa shape index (κ3) is 4.51. The molecule has 2 atom stereocenters. The molecule has 0 aliphatic carbocycles. The van der Waals surface area contributed by atoms with E-state index in [1.807, 2.05) is 6.07 Å². The molecule has 2 aromatic carbocycles. The molecular weight excluding hydrogens is 370 g/mol. The number of carbonyl (C=O) groups is 2. The van der Waals surface area contributed by atoms with Crippen molar-refractivity contribution in [3.63, 3.8) is 0 Å². The summed E-state index contributed by atoms with van der Waals surface area (Å²) in [6, 6.07) is 13.7. The van der Waals surface area contributed by atoms with Crippen LogP contribution in [-0.2, 0) is 16.0 Å². The lowest BCUT2D eigenvalue weighted by Crippen LogP contribution is -2.52. The average Bonchev–Trinajstić information content (AvgIpc) is 2.70. The van der Waals surface area contributed by atoms with E-state index in [1.165, 1.54) is 10.9 Å². The monoisotopic (exact) mass is 392 g/mol. The number of carboxylic acid groups (broad SMARTS) is 1. The molecule has 0 bridgehead atoms. The van der Waals surface area contributed by atoms with Gasteiger partial charge in [0.15, 0.2) is 0 Å². The third-order valence-corrected chi connectivity index (χ3v) is 4.77. The first-order valence-corrected chi connectivity index (χ1v) is 9.39. The van der Waals surface area contributed by atoms with Crippen molar-refractivity contribution >= 4 is 22.8 Å². The van der Waals surface area contributed by atoms with Gasteiger partial charge in [-0.05, 0) is 30.0 Å². The van der Waals surface area contributed by atoms with Gasteiger partial charge in [0.2, 0.25) is 5.91 Å². The zero-order valence-electron chi connectivity index (χ0n) is 16.2. The molecule has 150 valence electrons. The number of aliphatic carboxylic acids is 1. The number of amides is 1. The Hall–Kier alpha value is -3.48. The Bertz CT molecular complexity index is 1080. The van der Waals surface area contributed by atoms with Crippen LogP contribution < -0.4 is 16.0 Å².